The van der Waals surface area contributed by atoms with Gasteiger partial charge in [-0.2, -0.15) is 0 Å². The fourth-order valence-electron chi connectivity index (χ4n) is 3.92. The van der Waals surface area contributed by atoms with Crippen molar-refractivity contribution in [3.8, 4) is 5.75 Å². The number of carbonyl (C=O) groups is 1. The van der Waals surface area contributed by atoms with E-state index in [1.54, 1.807) is 18.2 Å². The minimum absolute atomic E-state index is 0.000738. The lowest BCUT2D eigenvalue weighted by atomic mass is 10.1. The summed E-state index contributed by atoms with van der Waals surface area (Å²) in [4.78, 5) is 23.6. The van der Waals surface area contributed by atoms with Gasteiger partial charge < -0.3 is 20.1 Å². The van der Waals surface area contributed by atoms with E-state index in [-0.39, 0.29) is 17.0 Å². The van der Waals surface area contributed by atoms with E-state index in [9.17, 15) is 9.18 Å². The molecule has 0 radical (unpaired) electrons. The average molecular weight is 498 g/mol. The number of benzene rings is 2. The van der Waals surface area contributed by atoms with Gasteiger partial charge in [0.1, 0.15) is 29.8 Å². The number of carbonyl (C=O) groups excluding carboxylic acids is 1. The summed E-state index contributed by atoms with van der Waals surface area (Å²) in [5.41, 5.74) is 1.69. The Hall–Kier alpha value is -3.27. The third kappa shape index (κ3) is 5.70. The molecule has 3 aromatic rings. The molecule has 0 saturated carbocycles. The molecule has 5 rings (SSSR count). The Bertz CT molecular complexity index is 1260. The summed E-state index contributed by atoms with van der Waals surface area (Å²) in [6, 6.07) is 7.88. The molecule has 2 aromatic carbocycles. The third-order valence-corrected chi connectivity index (χ3v) is 6.23. The van der Waals surface area contributed by atoms with E-state index in [0.717, 1.165) is 26.1 Å². The van der Waals surface area contributed by atoms with Gasteiger partial charge in [-0.15, -0.1) is 0 Å². The predicted molar refractivity (Wildman–Crippen MR) is 133 cm³/mol. The van der Waals surface area contributed by atoms with E-state index < -0.39 is 5.82 Å². The fourth-order valence-corrected chi connectivity index (χ4v) is 4.10. The summed E-state index contributed by atoms with van der Waals surface area (Å²) in [6.45, 7) is 4.00. The highest BCUT2D eigenvalue weighted by Gasteiger charge is 2.21. The number of aromatic nitrogens is 2. The number of nitrogens with one attached hydrogen (secondary N) is 2. The van der Waals surface area contributed by atoms with Crippen molar-refractivity contribution in [1.82, 2.24) is 14.9 Å². The van der Waals surface area contributed by atoms with Gasteiger partial charge in [0.25, 0.3) is 0 Å². The van der Waals surface area contributed by atoms with Crippen molar-refractivity contribution in [2.24, 2.45) is 0 Å². The van der Waals surface area contributed by atoms with Crippen LogP contribution in [0.4, 0.5) is 21.6 Å². The van der Waals surface area contributed by atoms with Crippen molar-refractivity contribution in [3.05, 3.63) is 59.7 Å². The van der Waals surface area contributed by atoms with Crippen LogP contribution in [-0.4, -0.2) is 59.7 Å². The smallest absolute Gasteiger partial charge is 0.248 e. The Labute approximate surface area is 207 Å². The van der Waals surface area contributed by atoms with Crippen LogP contribution in [0.15, 0.2) is 48.8 Å². The van der Waals surface area contributed by atoms with Crippen molar-refractivity contribution < 1.29 is 18.7 Å². The zero-order chi connectivity index (χ0) is 24.2. The van der Waals surface area contributed by atoms with Crippen LogP contribution in [0.2, 0.25) is 5.02 Å². The van der Waals surface area contributed by atoms with Crippen LogP contribution in [0.1, 0.15) is 12.8 Å². The molecule has 2 aliphatic rings. The first kappa shape index (κ1) is 23.5. The average Bonchev–Trinajstić information content (AvgIpc) is 3.32. The highest BCUT2D eigenvalue weighted by Crippen LogP contribution is 2.35. The Morgan fingerprint density at radius 1 is 1.29 bits per heavy atom. The van der Waals surface area contributed by atoms with E-state index >= 15 is 0 Å². The zero-order valence-corrected chi connectivity index (χ0v) is 19.7. The molecule has 0 aliphatic carbocycles. The Kier molecular flexibility index (Phi) is 7.08. The number of hydrogen-bond acceptors (Lipinski definition) is 7. The molecule has 2 saturated heterocycles. The molecule has 0 bridgehead atoms. The molecule has 1 unspecified atom stereocenters. The number of fused-ring (bicyclic) bond motifs is 1. The molecule has 2 fully saturated rings. The van der Waals surface area contributed by atoms with Crippen LogP contribution in [-0.2, 0) is 9.53 Å². The van der Waals surface area contributed by atoms with Gasteiger partial charge in [0.05, 0.1) is 29.4 Å². The van der Waals surface area contributed by atoms with Crippen molar-refractivity contribution in [1.29, 1.82) is 0 Å². The number of rotatable bonds is 8. The molecule has 10 heteroatoms. The standard InChI is InChI=1S/C25H25ClFN5O3/c26-19-11-16(4-5-20(19)27)30-25-18-12-22(31-24(33)3-1-7-32-8-2-9-32)23(13-21(18)28-15-29-25)35-17-6-10-34-14-17/h1,3-5,11-13,15,17H,2,6-10,14H2,(H,31,33)(H,28,29,30). The highest BCUT2D eigenvalue weighted by atomic mass is 35.5. The number of likely N-dealkylation sites (tertiary alicyclic amines) is 1. The summed E-state index contributed by atoms with van der Waals surface area (Å²) >= 11 is 5.93. The van der Waals surface area contributed by atoms with Gasteiger partial charge in [0.15, 0.2) is 0 Å². The number of anilines is 3. The normalized spacial score (nSPS) is 18.1. The van der Waals surface area contributed by atoms with Crippen molar-refractivity contribution in [2.75, 3.05) is 43.5 Å². The van der Waals surface area contributed by atoms with Crippen LogP contribution in [0, 0.1) is 5.82 Å². The summed E-state index contributed by atoms with van der Waals surface area (Å²) in [5.74, 6) is 0.230. The lowest BCUT2D eigenvalue weighted by molar-refractivity contribution is -0.111. The monoisotopic (exact) mass is 497 g/mol. The number of amides is 1. The van der Waals surface area contributed by atoms with Gasteiger partial charge in [-0.1, -0.05) is 17.7 Å². The summed E-state index contributed by atoms with van der Waals surface area (Å²) in [5, 5.41) is 6.74. The van der Waals surface area contributed by atoms with E-state index in [4.69, 9.17) is 21.1 Å². The van der Waals surface area contributed by atoms with E-state index in [1.165, 1.54) is 31.0 Å². The van der Waals surface area contributed by atoms with E-state index in [0.29, 0.717) is 47.1 Å². The molecule has 2 N–H and O–H groups in total. The molecule has 3 heterocycles. The quantitative estimate of drug-likeness (QED) is 0.442. The van der Waals surface area contributed by atoms with Crippen molar-refractivity contribution >= 4 is 45.6 Å². The number of nitrogens with zero attached hydrogens (tertiary/aromatic N) is 3. The molecular weight excluding hydrogens is 473 g/mol. The van der Waals surface area contributed by atoms with Gasteiger partial charge >= 0.3 is 0 Å². The second-order valence-electron chi connectivity index (χ2n) is 8.49. The second kappa shape index (κ2) is 10.6. The molecule has 1 aromatic heterocycles. The minimum Gasteiger partial charge on any atom is -0.486 e. The Morgan fingerprint density at radius 3 is 2.91 bits per heavy atom. The maximum atomic E-state index is 13.6. The fraction of sp³-hybridized carbons (Fsp3) is 0.320. The van der Waals surface area contributed by atoms with E-state index in [2.05, 4.69) is 25.5 Å². The Balaban J connectivity index is 1.44. The number of hydrogen-bond donors (Lipinski definition) is 2. The SMILES string of the molecule is O=C(C=CCN1CCC1)Nc1cc2c(Nc3ccc(F)c(Cl)c3)ncnc2cc1OC1CCOC1. The van der Waals surface area contributed by atoms with Gasteiger partial charge in [-0.05, 0) is 43.8 Å². The van der Waals surface area contributed by atoms with Gasteiger partial charge in [0.2, 0.25) is 5.91 Å². The van der Waals surface area contributed by atoms with E-state index in [1.807, 2.05) is 6.08 Å². The van der Waals surface area contributed by atoms with Gasteiger partial charge in [-0.3, -0.25) is 9.69 Å². The largest absolute Gasteiger partial charge is 0.486 e. The molecule has 0 spiro atoms. The van der Waals surface area contributed by atoms with Crippen molar-refractivity contribution in [2.45, 2.75) is 18.9 Å². The van der Waals surface area contributed by atoms with Gasteiger partial charge in [-0.25, -0.2) is 14.4 Å². The van der Waals surface area contributed by atoms with Crippen LogP contribution in [0.5, 0.6) is 5.75 Å². The maximum absolute atomic E-state index is 13.6. The van der Waals surface area contributed by atoms with Crippen LogP contribution in [0.3, 0.4) is 0 Å². The number of ether oxygens (including phenoxy) is 2. The lowest BCUT2D eigenvalue weighted by Gasteiger charge is -2.29. The lowest BCUT2D eigenvalue weighted by Crippen LogP contribution is -2.37. The first-order chi connectivity index (χ1) is 17.0. The molecule has 1 amide bonds. The summed E-state index contributed by atoms with van der Waals surface area (Å²) < 4.78 is 25.2. The molecule has 1 atom stereocenters. The van der Waals surface area contributed by atoms with Crippen LogP contribution in [0.25, 0.3) is 10.9 Å². The van der Waals surface area contributed by atoms with Crippen molar-refractivity contribution in [3.63, 3.8) is 0 Å². The minimum atomic E-state index is -0.505. The number of halogens is 2. The highest BCUT2D eigenvalue weighted by molar-refractivity contribution is 6.31. The summed E-state index contributed by atoms with van der Waals surface area (Å²) in [6.07, 6.45) is 6.68. The summed E-state index contributed by atoms with van der Waals surface area (Å²) in [7, 11) is 0. The first-order valence-electron chi connectivity index (χ1n) is 11.5. The predicted octanol–water partition coefficient (Wildman–Crippen LogP) is 4.53. The second-order valence-corrected chi connectivity index (χ2v) is 8.90. The first-order valence-corrected chi connectivity index (χ1v) is 11.9. The molecule has 8 nitrogen and oxygen atoms in total. The zero-order valence-electron chi connectivity index (χ0n) is 19.0. The molecule has 2 aliphatic heterocycles. The maximum Gasteiger partial charge on any atom is 0.248 e. The Morgan fingerprint density at radius 2 is 2.17 bits per heavy atom. The molecular formula is C25H25ClFN5O3. The van der Waals surface area contributed by atoms with Gasteiger partial charge in [0, 0.05) is 36.2 Å². The molecule has 35 heavy (non-hydrogen) atoms. The topological polar surface area (TPSA) is 88.6 Å². The van der Waals surface area contributed by atoms with Crippen LogP contribution >= 0.6 is 11.6 Å². The third-order valence-electron chi connectivity index (χ3n) is 5.94. The van der Waals surface area contributed by atoms with Crippen LogP contribution < -0.4 is 15.4 Å². The molecule has 182 valence electrons.